The predicted octanol–water partition coefficient (Wildman–Crippen LogP) is 1.69. The van der Waals surface area contributed by atoms with Gasteiger partial charge in [0.1, 0.15) is 0 Å². The molecule has 3 rings (SSSR count). The zero-order chi connectivity index (χ0) is 13.4. The SMILES string of the molecule is NCc1cc2cc(C3CC3)cc(CCC(=O)O)n2n1. The van der Waals surface area contributed by atoms with Crippen molar-refractivity contribution in [1.29, 1.82) is 0 Å². The summed E-state index contributed by atoms with van der Waals surface area (Å²) in [6, 6.07) is 6.23. The average molecular weight is 259 g/mol. The molecule has 2 aromatic rings. The third kappa shape index (κ3) is 2.46. The minimum absolute atomic E-state index is 0.126. The first-order chi connectivity index (χ1) is 9.17. The summed E-state index contributed by atoms with van der Waals surface area (Å²) >= 11 is 0. The van der Waals surface area contributed by atoms with E-state index in [1.165, 1.54) is 18.4 Å². The predicted molar refractivity (Wildman–Crippen MR) is 71.0 cm³/mol. The van der Waals surface area contributed by atoms with Gasteiger partial charge in [-0.1, -0.05) is 0 Å². The van der Waals surface area contributed by atoms with Crippen LogP contribution >= 0.6 is 0 Å². The topological polar surface area (TPSA) is 80.6 Å². The molecule has 1 aliphatic carbocycles. The smallest absolute Gasteiger partial charge is 0.303 e. The van der Waals surface area contributed by atoms with Gasteiger partial charge >= 0.3 is 5.97 Å². The van der Waals surface area contributed by atoms with E-state index in [4.69, 9.17) is 10.8 Å². The Morgan fingerprint density at radius 1 is 1.42 bits per heavy atom. The number of carboxylic acid groups (broad SMARTS) is 1. The summed E-state index contributed by atoms with van der Waals surface area (Å²) in [5.41, 5.74) is 9.74. The van der Waals surface area contributed by atoms with Gasteiger partial charge in [0.15, 0.2) is 0 Å². The summed E-state index contributed by atoms with van der Waals surface area (Å²) in [5.74, 6) is -0.138. The van der Waals surface area contributed by atoms with E-state index in [0.29, 0.717) is 18.9 Å². The molecule has 19 heavy (non-hydrogen) atoms. The zero-order valence-electron chi connectivity index (χ0n) is 10.7. The van der Waals surface area contributed by atoms with Crippen LogP contribution in [0.2, 0.25) is 0 Å². The van der Waals surface area contributed by atoms with Gasteiger partial charge in [0, 0.05) is 18.7 Å². The number of hydrogen-bond donors (Lipinski definition) is 2. The third-order valence-electron chi connectivity index (χ3n) is 3.56. The van der Waals surface area contributed by atoms with Crippen LogP contribution in [0.5, 0.6) is 0 Å². The van der Waals surface area contributed by atoms with Crippen molar-refractivity contribution in [3.8, 4) is 0 Å². The maximum Gasteiger partial charge on any atom is 0.303 e. The van der Waals surface area contributed by atoms with Gasteiger partial charge < -0.3 is 10.8 Å². The summed E-state index contributed by atoms with van der Waals surface area (Å²) < 4.78 is 1.83. The lowest BCUT2D eigenvalue weighted by Gasteiger charge is -2.07. The van der Waals surface area contributed by atoms with Gasteiger partial charge in [-0.05, 0) is 42.5 Å². The van der Waals surface area contributed by atoms with E-state index >= 15 is 0 Å². The second kappa shape index (κ2) is 4.66. The lowest BCUT2D eigenvalue weighted by atomic mass is 10.1. The van der Waals surface area contributed by atoms with Gasteiger partial charge in [0.2, 0.25) is 0 Å². The van der Waals surface area contributed by atoms with Crippen molar-refractivity contribution >= 4 is 11.5 Å². The fourth-order valence-corrected chi connectivity index (χ4v) is 2.41. The van der Waals surface area contributed by atoms with Crippen molar-refractivity contribution in [2.45, 2.75) is 38.1 Å². The minimum Gasteiger partial charge on any atom is -0.481 e. The Kier molecular flexibility index (Phi) is 2.98. The summed E-state index contributed by atoms with van der Waals surface area (Å²) in [6.07, 6.45) is 3.08. The normalized spacial score (nSPS) is 15.0. The average Bonchev–Trinajstić information content (AvgIpc) is 3.15. The van der Waals surface area contributed by atoms with Gasteiger partial charge in [-0.25, -0.2) is 4.52 Å². The van der Waals surface area contributed by atoms with Crippen LogP contribution in [-0.4, -0.2) is 20.7 Å². The van der Waals surface area contributed by atoms with Gasteiger partial charge in [-0.2, -0.15) is 5.10 Å². The molecular weight excluding hydrogens is 242 g/mol. The highest BCUT2D eigenvalue weighted by molar-refractivity contribution is 5.67. The summed E-state index contributed by atoms with van der Waals surface area (Å²) in [4.78, 5) is 10.8. The molecule has 0 spiro atoms. The second-order valence-corrected chi connectivity index (χ2v) is 5.12. The Bertz CT molecular complexity index is 629. The molecule has 0 atom stereocenters. The Morgan fingerprint density at radius 2 is 2.21 bits per heavy atom. The first-order valence-electron chi connectivity index (χ1n) is 6.60. The van der Waals surface area contributed by atoms with Crippen LogP contribution in [0.1, 0.15) is 42.1 Å². The molecule has 1 aliphatic rings. The standard InChI is InChI=1S/C14H17N3O2/c15-8-11-7-13-6-10(9-1-2-9)5-12(17(13)16-11)3-4-14(18)19/h5-7,9H,1-4,8,15H2,(H,18,19). The quantitative estimate of drug-likeness (QED) is 0.856. The van der Waals surface area contributed by atoms with Crippen LogP contribution in [0.15, 0.2) is 18.2 Å². The molecule has 5 heteroatoms. The maximum atomic E-state index is 10.8. The number of aliphatic carboxylic acids is 1. The highest BCUT2D eigenvalue weighted by atomic mass is 16.4. The van der Waals surface area contributed by atoms with Gasteiger partial charge in [-0.3, -0.25) is 4.79 Å². The number of fused-ring (bicyclic) bond motifs is 1. The Labute approximate surface area is 111 Å². The third-order valence-corrected chi connectivity index (χ3v) is 3.56. The first-order valence-corrected chi connectivity index (χ1v) is 6.60. The molecule has 5 nitrogen and oxygen atoms in total. The lowest BCUT2D eigenvalue weighted by Crippen LogP contribution is -2.05. The van der Waals surface area contributed by atoms with Crippen molar-refractivity contribution < 1.29 is 9.90 Å². The summed E-state index contributed by atoms with van der Waals surface area (Å²) in [6.45, 7) is 0.402. The lowest BCUT2D eigenvalue weighted by molar-refractivity contribution is -0.136. The van der Waals surface area contributed by atoms with Crippen molar-refractivity contribution in [2.24, 2.45) is 5.73 Å². The molecule has 2 aromatic heterocycles. The molecule has 3 N–H and O–H groups in total. The van der Waals surface area contributed by atoms with Gasteiger partial charge in [-0.15, -0.1) is 0 Å². The fourth-order valence-electron chi connectivity index (χ4n) is 2.41. The Balaban J connectivity index is 2.04. The number of carbonyl (C=O) groups is 1. The maximum absolute atomic E-state index is 10.8. The van der Waals surface area contributed by atoms with Crippen LogP contribution in [0.3, 0.4) is 0 Å². The first kappa shape index (κ1) is 12.2. The summed E-state index contributed by atoms with van der Waals surface area (Å²) in [7, 11) is 0. The number of aromatic nitrogens is 2. The fraction of sp³-hybridized carbons (Fsp3) is 0.429. The number of pyridine rings is 1. The number of nitrogens with two attached hydrogens (primary N) is 1. The van der Waals surface area contributed by atoms with Gasteiger partial charge in [0.05, 0.1) is 17.6 Å². The van der Waals surface area contributed by atoms with Crippen LogP contribution in [0.4, 0.5) is 0 Å². The highest BCUT2D eigenvalue weighted by Gasteiger charge is 2.24. The van der Waals surface area contributed by atoms with E-state index in [-0.39, 0.29) is 6.42 Å². The van der Waals surface area contributed by atoms with Crippen molar-refractivity contribution in [3.63, 3.8) is 0 Å². The Morgan fingerprint density at radius 3 is 2.84 bits per heavy atom. The molecule has 0 amide bonds. The van der Waals surface area contributed by atoms with E-state index in [0.717, 1.165) is 16.9 Å². The minimum atomic E-state index is -0.781. The Hall–Kier alpha value is -1.88. The van der Waals surface area contributed by atoms with E-state index in [1.54, 1.807) is 0 Å². The van der Waals surface area contributed by atoms with Crippen LogP contribution in [0.25, 0.3) is 5.52 Å². The number of carboxylic acids is 1. The molecule has 0 aromatic carbocycles. The van der Waals surface area contributed by atoms with E-state index in [9.17, 15) is 4.79 Å². The second-order valence-electron chi connectivity index (χ2n) is 5.12. The van der Waals surface area contributed by atoms with Crippen LogP contribution in [0, 0.1) is 0 Å². The molecule has 2 heterocycles. The van der Waals surface area contributed by atoms with Gasteiger partial charge in [0.25, 0.3) is 0 Å². The molecule has 0 unspecified atom stereocenters. The van der Waals surface area contributed by atoms with Crippen molar-refractivity contribution in [2.75, 3.05) is 0 Å². The highest BCUT2D eigenvalue weighted by Crippen LogP contribution is 2.40. The molecule has 0 aliphatic heterocycles. The van der Waals surface area contributed by atoms with E-state index < -0.39 is 5.97 Å². The zero-order valence-corrected chi connectivity index (χ0v) is 10.7. The molecule has 0 radical (unpaired) electrons. The molecular formula is C14H17N3O2. The molecule has 1 fully saturated rings. The number of rotatable bonds is 5. The molecule has 0 bridgehead atoms. The number of hydrogen-bond acceptors (Lipinski definition) is 3. The molecule has 0 saturated heterocycles. The van der Waals surface area contributed by atoms with Crippen molar-refractivity contribution in [1.82, 2.24) is 9.61 Å². The monoisotopic (exact) mass is 259 g/mol. The number of nitrogens with zero attached hydrogens (tertiary/aromatic N) is 2. The largest absolute Gasteiger partial charge is 0.481 e. The van der Waals surface area contributed by atoms with Crippen molar-refractivity contribution in [3.05, 3.63) is 35.2 Å². The molecule has 100 valence electrons. The summed E-state index contributed by atoms with van der Waals surface area (Å²) in [5, 5.41) is 13.3. The number of aryl methyl sites for hydroxylation is 1. The van der Waals surface area contributed by atoms with E-state index in [1.807, 2.05) is 10.6 Å². The van der Waals surface area contributed by atoms with Crippen LogP contribution < -0.4 is 5.73 Å². The molecule has 1 saturated carbocycles. The van der Waals surface area contributed by atoms with Crippen LogP contribution in [-0.2, 0) is 17.8 Å². The van der Waals surface area contributed by atoms with E-state index in [2.05, 4.69) is 17.2 Å².